The number of carbonyl (C=O) groups is 1. The van der Waals surface area contributed by atoms with Crippen LogP contribution < -0.4 is 10.1 Å². The van der Waals surface area contributed by atoms with Gasteiger partial charge in [-0.3, -0.25) is 4.79 Å². The highest BCUT2D eigenvalue weighted by atomic mass is 35.5. The van der Waals surface area contributed by atoms with Crippen molar-refractivity contribution in [1.82, 2.24) is 5.32 Å². The highest BCUT2D eigenvalue weighted by molar-refractivity contribution is 8.18. The molecule has 2 aromatic carbocycles. The summed E-state index contributed by atoms with van der Waals surface area (Å²) in [7, 11) is 1.60. The summed E-state index contributed by atoms with van der Waals surface area (Å²) in [5.41, 5.74) is 1.38. The van der Waals surface area contributed by atoms with Crippen molar-refractivity contribution in [2.75, 3.05) is 7.11 Å². The van der Waals surface area contributed by atoms with E-state index in [1.54, 1.807) is 31.4 Å². The monoisotopic (exact) mass is 378 g/mol. The fraction of sp³-hybridized carbons (Fsp3) is 0.0588. The molecule has 1 fully saturated rings. The second kappa shape index (κ2) is 7.30. The van der Waals surface area contributed by atoms with E-state index in [1.807, 2.05) is 24.3 Å². The van der Waals surface area contributed by atoms with E-state index >= 15 is 0 Å². The minimum Gasteiger partial charge on any atom is -0.497 e. The molecule has 0 spiro atoms. The van der Waals surface area contributed by atoms with Gasteiger partial charge in [0.25, 0.3) is 5.91 Å². The molecule has 0 radical (unpaired) electrons. The number of carbonyl (C=O) groups excluding carboxylic acids is 1. The van der Waals surface area contributed by atoms with Crippen molar-refractivity contribution in [2.45, 2.75) is 0 Å². The van der Waals surface area contributed by atoms with Gasteiger partial charge in [0.15, 0.2) is 5.17 Å². The van der Waals surface area contributed by atoms with Crippen LogP contribution in [0.4, 0.5) is 5.69 Å². The first-order chi connectivity index (χ1) is 11.6. The van der Waals surface area contributed by atoms with Gasteiger partial charge in [0.05, 0.1) is 27.7 Å². The van der Waals surface area contributed by atoms with Gasteiger partial charge in [-0.1, -0.05) is 41.4 Å². The van der Waals surface area contributed by atoms with Crippen molar-refractivity contribution in [3.8, 4) is 5.75 Å². The number of amidine groups is 1. The minimum absolute atomic E-state index is 0.209. The lowest BCUT2D eigenvalue weighted by molar-refractivity contribution is -0.115. The quantitative estimate of drug-likeness (QED) is 0.773. The number of aliphatic imine (C=N–C) groups is 1. The molecule has 0 atom stereocenters. The third-order valence-electron chi connectivity index (χ3n) is 3.20. The maximum absolute atomic E-state index is 12.1. The largest absolute Gasteiger partial charge is 0.497 e. The number of benzene rings is 2. The molecule has 0 aromatic heterocycles. The van der Waals surface area contributed by atoms with Crippen LogP contribution in [0.15, 0.2) is 52.4 Å². The molecular weight excluding hydrogens is 367 g/mol. The normalized spacial score (nSPS) is 17.4. The van der Waals surface area contributed by atoms with Crippen LogP contribution in [-0.2, 0) is 4.79 Å². The highest BCUT2D eigenvalue weighted by Crippen LogP contribution is 2.34. The molecular formula is C17H12Cl2N2O2S. The maximum Gasteiger partial charge on any atom is 0.264 e. The number of nitrogens with one attached hydrogen (secondary N) is 1. The summed E-state index contributed by atoms with van der Waals surface area (Å²) in [6.07, 6.45) is 1.78. The second-order valence-electron chi connectivity index (χ2n) is 4.83. The van der Waals surface area contributed by atoms with Crippen molar-refractivity contribution in [1.29, 1.82) is 0 Å². The molecule has 1 aliphatic heterocycles. The standard InChI is InChI=1S/C17H12Cl2N2O2S/c1-23-11-5-2-4-10(8-11)9-14-16(22)21-17(24-14)20-13-7-3-6-12(18)15(13)19/h2-9H,1H3,(H,20,21,22). The summed E-state index contributed by atoms with van der Waals surface area (Å²) in [5, 5.41) is 3.95. The Morgan fingerprint density at radius 2 is 2.00 bits per heavy atom. The Balaban J connectivity index is 1.86. The number of nitrogens with zero attached hydrogens (tertiary/aromatic N) is 1. The van der Waals surface area contributed by atoms with Crippen LogP contribution >= 0.6 is 35.0 Å². The van der Waals surface area contributed by atoms with Gasteiger partial charge in [-0.05, 0) is 47.7 Å². The number of hydrogen-bond acceptors (Lipinski definition) is 4. The summed E-state index contributed by atoms with van der Waals surface area (Å²) in [5.74, 6) is 0.520. The van der Waals surface area contributed by atoms with Crippen molar-refractivity contribution in [3.05, 3.63) is 63.0 Å². The van der Waals surface area contributed by atoms with Crippen molar-refractivity contribution in [3.63, 3.8) is 0 Å². The zero-order valence-electron chi connectivity index (χ0n) is 12.5. The van der Waals surface area contributed by atoms with Crippen molar-refractivity contribution in [2.24, 2.45) is 4.99 Å². The van der Waals surface area contributed by atoms with Crippen LogP contribution in [0.5, 0.6) is 5.75 Å². The average Bonchev–Trinajstić information content (AvgIpc) is 2.91. The van der Waals surface area contributed by atoms with Crippen LogP contribution in [-0.4, -0.2) is 18.2 Å². The zero-order chi connectivity index (χ0) is 17.1. The Kier molecular flexibility index (Phi) is 5.14. The number of rotatable bonds is 3. The van der Waals surface area contributed by atoms with Crippen LogP contribution in [0.2, 0.25) is 10.0 Å². The van der Waals surface area contributed by atoms with E-state index in [9.17, 15) is 4.79 Å². The molecule has 1 aliphatic rings. The first-order valence-electron chi connectivity index (χ1n) is 6.94. The number of ether oxygens (including phenoxy) is 1. The van der Waals surface area contributed by atoms with Gasteiger partial charge in [0.2, 0.25) is 0 Å². The number of halogens is 2. The molecule has 1 saturated heterocycles. The maximum atomic E-state index is 12.1. The lowest BCUT2D eigenvalue weighted by Gasteiger charge is -2.01. The SMILES string of the molecule is COc1cccc(C=C2SC(=Nc3cccc(Cl)c3Cl)NC2=O)c1. The fourth-order valence-corrected chi connectivity index (χ4v) is 3.22. The molecule has 1 amide bonds. The second-order valence-corrected chi connectivity index (χ2v) is 6.65. The van der Waals surface area contributed by atoms with Crippen LogP contribution in [0.1, 0.15) is 5.56 Å². The Hall–Kier alpha value is -1.95. The third-order valence-corrected chi connectivity index (χ3v) is 4.91. The molecule has 3 rings (SSSR count). The average molecular weight is 379 g/mol. The lowest BCUT2D eigenvalue weighted by Crippen LogP contribution is -2.19. The van der Waals surface area contributed by atoms with Gasteiger partial charge in [0.1, 0.15) is 5.75 Å². The molecule has 0 saturated carbocycles. The van der Waals surface area contributed by atoms with Crippen LogP contribution in [0.3, 0.4) is 0 Å². The summed E-state index contributed by atoms with van der Waals surface area (Å²) in [6.45, 7) is 0. The summed E-state index contributed by atoms with van der Waals surface area (Å²) in [4.78, 5) is 17.0. The predicted molar refractivity (Wildman–Crippen MR) is 100 cm³/mol. The smallest absolute Gasteiger partial charge is 0.264 e. The first kappa shape index (κ1) is 16.9. The number of thioether (sulfide) groups is 1. The zero-order valence-corrected chi connectivity index (χ0v) is 14.9. The van der Waals surface area contributed by atoms with Gasteiger partial charge in [-0.2, -0.15) is 0 Å². The van der Waals surface area contributed by atoms with Gasteiger partial charge >= 0.3 is 0 Å². The molecule has 1 N–H and O–H groups in total. The molecule has 4 nitrogen and oxygen atoms in total. The Morgan fingerprint density at radius 3 is 2.79 bits per heavy atom. The van der Waals surface area contributed by atoms with Gasteiger partial charge in [-0.25, -0.2) is 4.99 Å². The number of amides is 1. The fourth-order valence-electron chi connectivity index (χ4n) is 2.05. The van der Waals surface area contributed by atoms with Gasteiger partial charge in [-0.15, -0.1) is 0 Å². The number of methoxy groups -OCH3 is 1. The van der Waals surface area contributed by atoms with Crippen LogP contribution in [0.25, 0.3) is 6.08 Å². The molecule has 1 heterocycles. The van der Waals surface area contributed by atoms with E-state index in [0.29, 0.717) is 25.8 Å². The van der Waals surface area contributed by atoms with E-state index in [2.05, 4.69) is 10.3 Å². The van der Waals surface area contributed by atoms with E-state index in [4.69, 9.17) is 27.9 Å². The molecule has 122 valence electrons. The van der Waals surface area contributed by atoms with E-state index in [1.165, 1.54) is 11.8 Å². The summed E-state index contributed by atoms with van der Waals surface area (Å²) < 4.78 is 5.18. The van der Waals surface area contributed by atoms with Gasteiger partial charge < -0.3 is 10.1 Å². The first-order valence-corrected chi connectivity index (χ1v) is 8.52. The Labute approximate surface area is 153 Å². The van der Waals surface area contributed by atoms with Crippen molar-refractivity contribution < 1.29 is 9.53 Å². The molecule has 7 heteroatoms. The third kappa shape index (κ3) is 3.75. The van der Waals surface area contributed by atoms with Crippen molar-refractivity contribution >= 4 is 57.8 Å². The topological polar surface area (TPSA) is 50.7 Å². The highest BCUT2D eigenvalue weighted by Gasteiger charge is 2.24. The minimum atomic E-state index is -0.209. The molecule has 24 heavy (non-hydrogen) atoms. The van der Waals surface area contributed by atoms with E-state index in [0.717, 1.165) is 11.3 Å². The summed E-state index contributed by atoms with van der Waals surface area (Å²) >= 11 is 13.3. The molecule has 2 aromatic rings. The summed E-state index contributed by atoms with van der Waals surface area (Å²) in [6, 6.07) is 12.6. The van der Waals surface area contributed by atoms with Gasteiger partial charge in [0, 0.05) is 0 Å². The predicted octanol–water partition coefficient (Wildman–Crippen LogP) is 4.89. The Bertz CT molecular complexity index is 865. The lowest BCUT2D eigenvalue weighted by atomic mass is 10.2. The van der Waals surface area contributed by atoms with Crippen LogP contribution in [0, 0.1) is 0 Å². The molecule has 0 aliphatic carbocycles. The Morgan fingerprint density at radius 1 is 1.21 bits per heavy atom. The van der Waals surface area contributed by atoms with E-state index < -0.39 is 0 Å². The molecule has 0 unspecified atom stereocenters. The van der Waals surface area contributed by atoms with E-state index in [-0.39, 0.29) is 5.91 Å². The number of hydrogen-bond donors (Lipinski definition) is 1. The molecule has 0 bridgehead atoms.